The maximum atomic E-state index is 12.3. The first-order valence-corrected chi connectivity index (χ1v) is 6.33. The molecule has 4 heteroatoms. The number of carbonyl (C=O) groups excluding carboxylic acids is 1. The average molecular weight is 245 g/mol. The van der Waals surface area contributed by atoms with Crippen molar-refractivity contribution >= 4 is 16.8 Å². The van der Waals surface area contributed by atoms with Gasteiger partial charge >= 0.3 is 0 Å². The summed E-state index contributed by atoms with van der Waals surface area (Å²) in [6.45, 7) is 4.91. The van der Waals surface area contributed by atoms with E-state index in [0.717, 1.165) is 35.9 Å². The Bertz CT molecular complexity index is 559. The van der Waals surface area contributed by atoms with Crippen molar-refractivity contribution in [2.24, 2.45) is 0 Å². The number of amides is 1. The predicted molar refractivity (Wildman–Crippen MR) is 72.7 cm³/mol. The number of H-pyrrole nitrogens is 1. The summed E-state index contributed by atoms with van der Waals surface area (Å²) >= 11 is 0. The number of unbranched alkanes of at least 4 members (excludes halogenated alkanes) is 1. The molecule has 4 nitrogen and oxygen atoms in total. The molecule has 1 amide bonds. The Morgan fingerprint density at radius 1 is 1.44 bits per heavy atom. The van der Waals surface area contributed by atoms with E-state index in [2.05, 4.69) is 17.1 Å². The summed E-state index contributed by atoms with van der Waals surface area (Å²) in [4.78, 5) is 14.0. The Kier molecular flexibility index (Phi) is 3.65. The zero-order valence-corrected chi connectivity index (χ0v) is 11.2. The Hall–Kier alpha value is -1.84. The van der Waals surface area contributed by atoms with E-state index < -0.39 is 0 Å². The first-order chi connectivity index (χ1) is 8.63. The van der Waals surface area contributed by atoms with Crippen molar-refractivity contribution in [3.8, 4) is 0 Å². The maximum Gasteiger partial charge on any atom is 0.274 e. The second kappa shape index (κ2) is 5.21. The van der Waals surface area contributed by atoms with Gasteiger partial charge in [0.2, 0.25) is 0 Å². The maximum absolute atomic E-state index is 12.3. The highest BCUT2D eigenvalue weighted by Gasteiger charge is 2.17. The van der Waals surface area contributed by atoms with Crippen LogP contribution in [0.1, 0.15) is 35.8 Å². The number of aromatic amines is 1. The number of aryl methyl sites for hydroxylation is 1. The lowest BCUT2D eigenvalue weighted by atomic mass is 10.1. The van der Waals surface area contributed by atoms with Gasteiger partial charge in [0, 0.05) is 19.0 Å². The summed E-state index contributed by atoms with van der Waals surface area (Å²) < 4.78 is 0. The first-order valence-electron chi connectivity index (χ1n) is 6.33. The summed E-state index contributed by atoms with van der Waals surface area (Å²) in [7, 11) is 1.83. The number of benzene rings is 1. The molecule has 1 aromatic carbocycles. The van der Waals surface area contributed by atoms with Crippen molar-refractivity contribution in [2.45, 2.75) is 26.7 Å². The molecule has 1 N–H and O–H groups in total. The fourth-order valence-corrected chi connectivity index (χ4v) is 1.97. The molecule has 0 bridgehead atoms. The molecule has 0 aliphatic heterocycles. The van der Waals surface area contributed by atoms with Gasteiger partial charge in [-0.1, -0.05) is 25.0 Å². The van der Waals surface area contributed by atoms with E-state index in [1.165, 1.54) is 0 Å². The van der Waals surface area contributed by atoms with E-state index in [1.807, 2.05) is 32.2 Å². The minimum Gasteiger partial charge on any atom is -0.340 e. The second-order valence-corrected chi connectivity index (χ2v) is 4.70. The van der Waals surface area contributed by atoms with Crippen LogP contribution < -0.4 is 0 Å². The van der Waals surface area contributed by atoms with Gasteiger partial charge in [0.1, 0.15) is 0 Å². The van der Waals surface area contributed by atoms with Crippen molar-refractivity contribution in [3.63, 3.8) is 0 Å². The van der Waals surface area contributed by atoms with Crippen molar-refractivity contribution < 1.29 is 4.79 Å². The van der Waals surface area contributed by atoms with Crippen LogP contribution in [0.25, 0.3) is 10.9 Å². The molecule has 2 aromatic rings. The molecule has 2 rings (SSSR count). The number of nitrogens with one attached hydrogen (secondary N) is 1. The van der Waals surface area contributed by atoms with Crippen LogP contribution in [0, 0.1) is 6.92 Å². The Labute approximate surface area is 107 Å². The van der Waals surface area contributed by atoms with Crippen LogP contribution in [-0.2, 0) is 0 Å². The lowest BCUT2D eigenvalue weighted by Crippen LogP contribution is -2.28. The molecule has 0 unspecified atom stereocenters. The Morgan fingerprint density at radius 2 is 2.22 bits per heavy atom. The number of hydrogen-bond acceptors (Lipinski definition) is 2. The monoisotopic (exact) mass is 245 g/mol. The van der Waals surface area contributed by atoms with E-state index in [4.69, 9.17) is 0 Å². The third kappa shape index (κ3) is 2.37. The molecule has 0 atom stereocenters. The largest absolute Gasteiger partial charge is 0.340 e. The zero-order valence-electron chi connectivity index (χ0n) is 11.2. The van der Waals surface area contributed by atoms with Gasteiger partial charge in [-0.05, 0) is 25.5 Å². The molecular weight excluding hydrogens is 226 g/mol. The van der Waals surface area contributed by atoms with Gasteiger partial charge in [-0.25, -0.2) is 0 Å². The summed E-state index contributed by atoms with van der Waals surface area (Å²) in [5, 5.41) is 7.96. The normalized spacial score (nSPS) is 10.8. The molecule has 1 heterocycles. The van der Waals surface area contributed by atoms with Crippen LogP contribution in [0.5, 0.6) is 0 Å². The number of carbonyl (C=O) groups is 1. The summed E-state index contributed by atoms with van der Waals surface area (Å²) in [6, 6.07) is 5.97. The molecule has 0 saturated heterocycles. The van der Waals surface area contributed by atoms with E-state index in [0.29, 0.717) is 5.69 Å². The summed E-state index contributed by atoms with van der Waals surface area (Å²) in [5.74, 6) is -0.0136. The van der Waals surface area contributed by atoms with Gasteiger partial charge in [-0.2, -0.15) is 5.10 Å². The molecule has 0 radical (unpaired) electrons. The quantitative estimate of drug-likeness (QED) is 0.900. The van der Waals surface area contributed by atoms with Gasteiger partial charge < -0.3 is 4.90 Å². The number of rotatable bonds is 4. The Morgan fingerprint density at radius 3 is 2.94 bits per heavy atom. The number of aromatic nitrogens is 2. The molecule has 0 spiro atoms. The van der Waals surface area contributed by atoms with Crippen molar-refractivity contribution in [1.29, 1.82) is 0 Å². The lowest BCUT2D eigenvalue weighted by Gasteiger charge is -2.15. The second-order valence-electron chi connectivity index (χ2n) is 4.70. The highest BCUT2D eigenvalue weighted by Crippen LogP contribution is 2.18. The van der Waals surface area contributed by atoms with Crippen molar-refractivity contribution in [2.75, 3.05) is 13.6 Å². The molecule has 0 saturated carbocycles. The van der Waals surface area contributed by atoms with Crippen molar-refractivity contribution in [1.82, 2.24) is 15.1 Å². The number of hydrogen-bond donors (Lipinski definition) is 1. The highest BCUT2D eigenvalue weighted by molar-refractivity contribution is 6.04. The molecule has 0 aliphatic rings. The summed E-state index contributed by atoms with van der Waals surface area (Å²) in [6.07, 6.45) is 2.10. The molecular formula is C14H19N3O. The average Bonchev–Trinajstić information content (AvgIpc) is 2.77. The van der Waals surface area contributed by atoms with E-state index in [1.54, 1.807) is 4.90 Å². The molecule has 96 valence electrons. The Balaban J connectivity index is 2.30. The molecule has 0 aliphatic carbocycles. The van der Waals surface area contributed by atoms with Crippen molar-refractivity contribution in [3.05, 3.63) is 29.5 Å². The smallest absolute Gasteiger partial charge is 0.274 e. The SMILES string of the molecule is CCCCN(C)C(=O)c1n[nH]c2ccc(C)cc12. The van der Waals surface area contributed by atoms with Crippen LogP contribution >= 0.6 is 0 Å². The zero-order chi connectivity index (χ0) is 13.1. The van der Waals surface area contributed by atoms with Gasteiger partial charge in [0.15, 0.2) is 5.69 Å². The highest BCUT2D eigenvalue weighted by atomic mass is 16.2. The fraction of sp³-hybridized carbons (Fsp3) is 0.429. The summed E-state index contributed by atoms with van der Waals surface area (Å²) in [5.41, 5.74) is 2.56. The van der Waals surface area contributed by atoms with Crippen LogP contribution in [0.15, 0.2) is 18.2 Å². The number of fused-ring (bicyclic) bond motifs is 1. The van der Waals surface area contributed by atoms with Gasteiger partial charge in [0.25, 0.3) is 5.91 Å². The van der Waals surface area contributed by atoms with Gasteiger partial charge in [-0.15, -0.1) is 0 Å². The van der Waals surface area contributed by atoms with Crippen LogP contribution in [0.3, 0.4) is 0 Å². The molecule has 0 fully saturated rings. The van der Waals surface area contributed by atoms with Crippen LogP contribution in [0.4, 0.5) is 0 Å². The standard InChI is InChI=1S/C14H19N3O/c1-4-5-8-17(3)14(18)13-11-9-10(2)6-7-12(11)15-16-13/h6-7,9H,4-5,8H2,1-3H3,(H,15,16). The first kappa shape index (κ1) is 12.6. The van der Waals surface area contributed by atoms with Crippen LogP contribution in [-0.4, -0.2) is 34.6 Å². The van der Waals surface area contributed by atoms with E-state index in [-0.39, 0.29) is 5.91 Å². The predicted octanol–water partition coefficient (Wildman–Crippen LogP) is 2.74. The van der Waals surface area contributed by atoms with Gasteiger partial charge in [0.05, 0.1) is 5.52 Å². The fourth-order valence-electron chi connectivity index (χ4n) is 1.97. The van der Waals surface area contributed by atoms with Crippen LogP contribution in [0.2, 0.25) is 0 Å². The minimum absolute atomic E-state index is 0.0136. The topological polar surface area (TPSA) is 49.0 Å². The molecule has 1 aromatic heterocycles. The minimum atomic E-state index is -0.0136. The molecule has 18 heavy (non-hydrogen) atoms. The van der Waals surface area contributed by atoms with E-state index in [9.17, 15) is 4.79 Å². The lowest BCUT2D eigenvalue weighted by molar-refractivity contribution is 0.0789. The third-order valence-electron chi connectivity index (χ3n) is 3.11. The third-order valence-corrected chi connectivity index (χ3v) is 3.11. The van der Waals surface area contributed by atoms with Gasteiger partial charge in [-0.3, -0.25) is 9.89 Å². The number of nitrogens with zero attached hydrogens (tertiary/aromatic N) is 2. The van der Waals surface area contributed by atoms with E-state index >= 15 is 0 Å².